The lowest BCUT2D eigenvalue weighted by Gasteiger charge is -2.30. The Morgan fingerprint density at radius 1 is 1.55 bits per heavy atom. The number of aromatic nitrogens is 2. The first-order valence-corrected chi connectivity index (χ1v) is 6.93. The monoisotopic (exact) mass is 275 g/mol. The molecule has 1 fully saturated rings. The Morgan fingerprint density at radius 3 is 3.15 bits per heavy atom. The van der Waals surface area contributed by atoms with Gasteiger partial charge in [0.1, 0.15) is 0 Å². The largest absolute Gasteiger partial charge is 0.459 e. The maximum absolute atomic E-state index is 12.3. The second-order valence-electron chi connectivity index (χ2n) is 4.97. The van der Waals surface area contributed by atoms with Crippen LogP contribution in [0.25, 0.3) is 0 Å². The normalized spacial score (nSPS) is 19.2. The summed E-state index contributed by atoms with van der Waals surface area (Å²) in [4.78, 5) is 18.4. The number of aryl methyl sites for hydroxylation is 1. The Kier molecular flexibility index (Phi) is 3.54. The van der Waals surface area contributed by atoms with Gasteiger partial charge in [0.25, 0.3) is 5.91 Å². The van der Waals surface area contributed by atoms with E-state index in [-0.39, 0.29) is 11.8 Å². The Labute approximate surface area is 116 Å². The van der Waals surface area contributed by atoms with E-state index in [1.165, 1.54) is 6.26 Å². The van der Waals surface area contributed by atoms with Gasteiger partial charge in [-0.2, -0.15) is 4.98 Å². The van der Waals surface area contributed by atoms with Gasteiger partial charge in [-0.05, 0) is 25.0 Å². The van der Waals surface area contributed by atoms with E-state index in [4.69, 9.17) is 8.94 Å². The number of rotatable bonds is 3. The van der Waals surface area contributed by atoms with Gasteiger partial charge in [-0.15, -0.1) is 0 Å². The minimum absolute atomic E-state index is 0.0741. The van der Waals surface area contributed by atoms with Crippen LogP contribution in [0.4, 0.5) is 0 Å². The van der Waals surface area contributed by atoms with Crippen molar-refractivity contribution in [1.82, 2.24) is 15.0 Å². The minimum Gasteiger partial charge on any atom is -0.459 e. The third kappa shape index (κ3) is 2.45. The molecular weight excluding hydrogens is 258 g/mol. The van der Waals surface area contributed by atoms with Crippen LogP contribution in [0.5, 0.6) is 0 Å². The van der Waals surface area contributed by atoms with Crippen LogP contribution in [0.15, 0.2) is 27.3 Å². The molecule has 6 heteroatoms. The van der Waals surface area contributed by atoms with Crippen molar-refractivity contribution in [2.75, 3.05) is 13.1 Å². The van der Waals surface area contributed by atoms with Gasteiger partial charge in [-0.1, -0.05) is 12.1 Å². The lowest BCUT2D eigenvalue weighted by Crippen LogP contribution is -2.39. The first kappa shape index (κ1) is 12.9. The summed E-state index contributed by atoms with van der Waals surface area (Å²) < 4.78 is 10.5. The minimum atomic E-state index is -0.0741. The molecule has 2 aromatic rings. The maximum Gasteiger partial charge on any atom is 0.289 e. The molecule has 0 aromatic carbocycles. The van der Waals surface area contributed by atoms with Gasteiger partial charge in [0, 0.05) is 19.5 Å². The number of carbonyl (C=O) groups excluding carboxylic acids is 1. The average molecular weight is 275 g/mol. The summed E-state index contributed by atoms with van der Waals surface area (Å²) in [5.74, 6) is 1.78. The summed E-state index contributed by atoms with van der Waals surface area (Å²) in [5, 5.41) is 3.92. The molecule has 0 aliphatic carbocycles. The molecule has 0 N–H and O–H groups in total. The maximum atomic E-state index is 12.3. The van der Waals surface area contributed by atoms with Crippen LogP contribution in [0.1, 0.15) is 48.0 Å². The summed E-state index contributed by atoms with van der Waals surface area (Å²) in [5.41, 5.74) is 0. The molecule has 2 aromatic heterocycles. The molecule has 1 amide bonds. The van der Waals surface area contributed by atoms with Gasteiger partial charge in [0.05, 0.1) is 12.2 Å². The Hall–Kier alpha value is -2.11. The molecule has 6 nitrogen and oxygen atoms in total. The van der Waals surface area contributed by atoms with Gasteiger partial charge in [-0.25, -0.2) is 0 Å². The number of piperidine rings is 1. The van der Waals surface area contributed by atoms with Crippen molar-refractivity contribution in [2.45, 2.75) is 32.1 Å². The van der Waals surface area contributed by atoms with E-state index in [2.05, 4.69) is 10.1 Å². The molecule has 0 saturated carbocycles. The van der Waals surface area contributed by atoms with Crippen molar-refractivity contribution in [3.8, 4) is 0 Å². The van der Waals surface area contributed by atoms with E-state index in [0.29, 0.717) is 18.2 Å². The number of nitrogens with zero attached hydrogens (tertiary/aromatic N) is 3. The smallest absolute Gasteiger partial charge is 0.289 e. The van der Waals surface area contributed by atoms with Crippen molar-refractivity contribution < 1.29 is 13.7 Å². The molecule has 3 heterocycles. The van der Waals surface area contributed by atoms with Crippen molar-refractivity contribution >= 4 is 5.91 Å². The van der Waals surface area contributed by atoms with E-state index in [1.54, 1.807) is 17.0 Å². The van der Waals surface area contributed by atoms with Crippen LogP contribution in [0, 0.1) is 0 Å². The summed E-state index contributed by atoms with van der Waals surface area (Å²) in [6, 6.07) is 3.41. The second kappa shape index (κ2) is 5.48. The highest BCUT2D eigenvalue weighted by Gasteiger charge is 2.29. The SMILES string of the molecule is CCc1noc([C@H]2CCCN(C(=O)c3ccco3)C2)n1. The molecule has 20 heavy (non-hydrogen) atoms. The molecule has 0 bridgehead atoms. The van der Waals surface area contributed by atoms with Gasteiger partial charge in [0.15, 0.2) is 11.6 Å². The molecular formula is C14H17N3O3. The van der Waals surface area contributed by atoms with E-state index in [1.807, 2.05) is 6.92 Å². The zero-order valence-electron chi connectivity index (χ0n) is 11.4. The Morgan fingerprint density at radius 2 is 2.45 bits per heavy atom. The van der Waals surface area contributed by atoms with E-state index >= 15 is 0 Å². The van der Waals surface area contributed by atoms with Gasteiger partial charge < -0.3 is 13.8 Å². The number of amides is 1. The van der Waals surface area contributed by atoms with E-state index < -0.39 is 0 Å². The number of furan rings is 1. The zero-order valence-corrected chi connectivity index (χ0v) is 11.4. The van der Waals surface area contributed by atoms with Gasteiger partial charge in [-0.3, -0.25) is 4.79 Å². The molecule has 3 rings (SSSR count). The fourth-order valence-electron chi connectivity index (χ4n) is 2.50. The van der Waals surface area contributed by atoms with Crippen molar-refractivity contribution in [3.63, 3.8) is 0 Å². The topological polar surface area (TPSA) is 72.4 Å². The third-order valence-electron chi connectivity index (χ3n) is 3.59. The van der Waals surface area contributed by atoms with Crippen molar-refractivity contribution in [3.05, 3.63) is 35.9 Å². The van der Waals surface area contributed by atoms with Crippen LogP contribution < -0.4 is 0 Å². The zero-order chi connectivity index (χ0) is 13.9. The molecule has 1 saturated heterocycles. The van der Waals surface area contributed by atoms with Crippen molar-refractivity contribution in [1.29, 1.82) is 0 Å². The molecule has 0 spiro atoms. The molecule has 0 unspecified atom stereocenters. The van der Waals surface area contributed by atoms with Crippen LogP contribution >= 0.6 is 0 Å². The molecule has 0 radical (unpaired) electrons. The molecule has 1 aliphatic rings. The molecule has 1 atom stereocenters. The van der Waals surface area contributed by atoms with Crippen LogP contribution in [-0.2, 0) is 6.42 Å². The summed E-state index contributed by atoms with van der Waals surface area (Å²) >= 11 is 0. The second-order valence-corrected chi connectivity index (χ2v) is 4.97. The number of carbonyl (C=O) groups is 1. The van der Waals surface area contributed by atoms with Crippen LogP contribution in [0.3, 0.4) is 0 Å². The quantitative estimate of drug-likeness (QED) is 0.859. The predicted molar refractivity (Wildman–Crippen MR) is 70.3 cm³/mol. The third-order valence-corrected chi connectivity index (χ3v) is 3.59. The highest BCUT2D eigenvalue weighted by molar-refractivity contribution is 5.91. The lowest BCUT2D eigenvalue weighted by molar-refractivity contribution is 0.0663. The number of hydrogen-bond donors (Lipinski definition) is 0. The first-order valence-electron chi connectivity index (χ1n) is 6.93. The first-order chi connectivity index (χ1) is 9.78. The number of hydrogen-bond acceptors (Lipinski definition) is 5. The van der Waals surface area contributed by atoms with Crippen LogP contribution in [0.2, 0.25) is 0 Å². The lowest BCUT2D eigenvalue weighted by atomic mass is 9.98. The van der Waals surface area contributed by atoms with Gasteiger partial charge in [0.2, 0.25) is 5.89 Å². The summed E-state index contributed by atoms with van der Waals surface area (Å²) in [6.07, 6.45) is 4.17. The van der Waals surface area contributed by atoms with Gasteiger partial charge >= 0.3 is 0 Å². The fraction of sp³-hybridized carbons (Fsp3) is 0.500. The predicted octanol–water partition coefficient (Wildman–Crippen LogP) is 2.24. The van der Waals surface area contributed by atoms with E-state index in [9.17, 15) is 4.79 Å². The highest BCUT2D eigenvalue weighted by atomic mass is 16.5. The van der Waals surface area contributed by atoms with Crippen molar-refractivity contribution in [2.24, 2.45) is 0 Å². The highest BCUT2D eigenvalue weighted by Crippen LogP contribution is 2.26. The standard InChI is InChI=1S/C14H17N3O3/c1-2-12-15-13(20-16-12)10-5-3-7-17(9-10)14(18)11-6-4-8-19-11/h4,6,8,10H,2-3,5,7,9H2,1H3/t10-/m0/s1. The molecule has 1 aliphatic heterocycles. The number of likely N-dealkylation sites (tertiary alicyclic amines) is 1. The summed E-state index contributed by atoms with van der Waals surface area (Å²) in [6.45, 7) is 3.33. The average Bonchev–Trinajstić information content (AvgIpc) is 3.17. The fourth-order valence-corrected chi connectivity index (χ4v) is 2.50. The van der Waals surface area contributed by atoms with Crippen LogP contribution in [-0.4, -0.2) is 34.0 Å². The van der Waals surface area contributed by atoms with E-state index in [0.717, 1.165) is 31.6 Å². The summed E-state index contributed by atoms with van der Waals surface area (Å²) in [7, 11) is 0. The molecule has 106 valence electrons. The Bertz CT molecular complexity index is 576. The Balaban J connectivity index is 1.71.